The quantitative estimate of drug-likeness (QED) is 0.601. The third-order valence-corrected chi connectivity index (χ3v) is 6.27. The highest BCUT2D eigenvalue weighted by atomic mass is 35.5. The molecule has 1 unspecified atom stereocenters. The summed E-state index contributed by atoms with van der Waals surface area (Å²) in [7, 11) is 1.55. The molecule has 8 heteroatoms. The molecular formula is C20H21Cl3N2O2S. The molecule has 0 saturated carbocycles. The highest BCUT2D eigenvalue weighted by Gasteiger charge is 2.26. The third-order valence-electron chi connectivity index (χ3n) is 4.25. The Balaban J connectivity index is 2.10. The van der Waals surface area contributed by atoms with E-state index in [0.29, 0.717) is 20.8 Å². The molecule has 0 radical (unpaired) electrons. The number of likely N-dealkylation sites (N-methyl/N-ethyl adjacent to an activating group) is 1. The Morgan fingerprint density at radius 2 is 1.64 bits per heavy atom. The third kappa shape index (κ3) is 6.05. The molecule has 2 rings (SSSR count). The second-order valence-electron chi connectivity index (χ2n) is 6.10. The number of carbonyl (C=O) groups excluding carboxylic acids is 2. The summed E-state index contributed by atoms with van der Waals surface area (Å²) in [4.78, 5) is 26.6. The molecule has 0 aliphatic carbocycles. The van der Waals surface area contributed by atoms with Crippen molar-refractivity contribution in [2.75, 3.05) is 12.8 Å². The Labute approximate surface area is 184 Å². The average molecular weight is 460 g/mol. The van der Waals surface area contributed by atoms with Gasteiger partial charge < -0.3 is 10.2 Å². The topological polar surface area (TPSA) is 49.4 Å². The summed E-state index contributed by atoms with van der Waals surface area (Å²) >= 11 is 20.0. The maximum absolute atomic E-state index is 12.9. The number of nitrogens with zero attached hydrogens (tertiary/aromatic N) is 1. The molecule has 0 heterocycles. The highest BCUT2D eigenvalue weighted by Crippen LogP contribution is 2.28. The fourth-order valence-corrected chi connectivity index (χ4v) is 4.44. The zero-order valence-corrected chi connectivity index (χ0v) is 18.6. The van der Waals surface area contributed by atoms with Gasteiger partial charge in [0.05, 0.1) is 5.75 Å². The van der Waals surface area contributed by atoms with Gasteiger partial charge in [-0.3, -0.25) is 9.59 Å². The zero-order valence-electron chi connectivity index (χ0n) is 15.5. The van der Waals surface area contributed by atoms with Crippen molar-refractivity contribution in [2.24, 2.45) is 0 Å². The first-order chi connectivity index (χ1) is 13.3. The van der Waals surface area contributed by atoms with E-state index in [2.05, 4.69) is 5.32 Å². The molecule has 2 amide bonds. The number of hydrogen-bond donors (Lipinski definition) is 1. The van der Waals surface area contributed by atoms with Crippen molar-refractivity contribution in [3.05, 3.63) is 68.7 Å². The molecule has 0 aliphatic rings. The Bertz CT molecular complexity index is 828. The van der Waals surface area contributed by atoms with Crippen LogP contribution in [-0.2, 0) is 21.9 Å². The van der Waals surface area contributed by atoms with Gasteiger partial charge in [-0.05, 0) is 36.2 Å². The van der Waals surface area contributed by atoms with E-state index < -0.39 is 6.04 Å². The van der Waals surface area contributed by atoms with Crippen LogP contribution in [0.1, 0.15) is 18.1 Å². The van der Waals surface area contributed by atoms with E-state index in [4.69, 9.17) is 34.8 Å². The lowest BCUT2D eigenvalue weighted by atomic mass is 10.1. The fourth-order valence-electron chi connectivity index (χ4n) is 2.60. The van der Waals surface area contributed by atoms with Crippen LogP contribution in [0.2, 0.25) is 15.1 Å². The lowest BCUT2D eigenvalue weighted by Gasteiger charge is -2.28. The summed E-state index contributed by atoms with van der Waals surface area (Å²) in [5, 5.41) is 4.28. The van der Waals surface area contributed by atoms with Crippen LogP contribution < -0.4 is 5.32 Å². The minimum Gasteiger partial charge on any atom is -0.357 e. The number of rotatable bonds is 8. The number of halogens is 3. The number of amides is 2. The number of nitrogens with one attached hydrogen (secondary N) is 1. The van der Waals surface area contributed by atoms with Crippen LogP contribution in [0.4, 0.5) is 0 Å². The first-order valence-corrected chi connectivity index (χ1v) is 10.9. The van der Waals surface area contributed by atoms with Crippen molar-refractivity contribution in [2.45, 2.75) is 25.3 Å². The second kappa shape index (κ2) is 11.0. The lowest BCUT2D eigenvalue weighted by Crippen LogP contribution is -2.47. The van der Waals surface area contributed by atoms with Crippen molar-refractivity contribution in [1.82, 2.24) is 10.2 Å². The molecule has 0 aliphatic heterocycles. The van der Waals surface area contributed by atoms with Gasteiger partial charge in [-0.2, -0.15) is 0 Å². The van der Waals surface area contributed by atoms with E-state index in [9.17, 15) is 9.59 Å². The van der Waals surface area contributed by atoms with Crippen LogP contribution in [0.25, 0.3) is 0 Å². The van der Waals surface area contributed by atoms with Gasteiger partial charge in [0, 0.05) is 34.4 Å². The summed E-state index contributed by atoms with van der Waals surface area (Å²) in [5.41, 5.74) is 1.58. The van der Waals surface area contributed by atoms with Crippen molar-refractivity contribution in [1.29, 1.82) is 0 Å². The van der Waals surface area contributed by atoms with E-state index in [1.807, 2.05) is 18.2 Å². The van der Waals surface area contributed by atoms with Gasteiger partial charge in [0.25, 0.3) is 0 Å². The molecule has 0 fully saturated rings. The lowest BCUT2D eigenvalue weighted by molar-refractivity contribution is -0.138. The van der Waals surface area contributed by atoms with Gasteiger partial charge in [-0.1, -0.05) is 59.1 Å². The molecule has 0 saturated heterocycles. The molecule has 0 spiro atoms. The van der Waals surface area contributed by atoms with Crippen LogP contribution in [-0.4, -0.2) is 35.6 Å². The van der Waals surface area contributed by atoms with Crippen molar-refractivity contribution in [3.63, 3.8) is 0 Å². The van der Waals surface area contributed by atoms with Crippen LogP contribution >= 0.6 is 46.6 Å². The van der Waals surface area contributed by atoms with Crippen molar-refractivity contribution in [3.8, 4) is 0 Å². The van der Waals surface area contributed by atoms with Crippen LogP contribution in [0.5, 0.6) is 0 Å². The fraction of sp³-hybridized carbons (Fsp3) is 0.300. The molecule has 0 bridgehead atoms. The minimum absolute atomic E-state index is 0.163. The summed E-state index contributed by atoms with van der Waals surface area (Å²) in [6.07, 6.45) is 0. The maximum atomic E-state index is 12.9. The first-order valence-electron chi connectivity index (χ1n) is 8.60. The Kier molecular flexibility index (Phi) is 8.96. The van der Waals surface area contributed by atoms with Gasteiger partial charge in [0.15, 0.2) is 0 Å². The van der Waals surface area contributed by atoms with E-state index in [1.54, 1.807) is 38.2 Å². The molecular weight excluding hydrogens is 439 g/mol. The maximum Gasteiger partial charge on any atom is 0.242 e. The van der Waals surface area contributed by atoms with Gasteiger partial charge in [0.2, 0.25) is 11.8 Å². The smallest absolute Gasteiger partial charge is 0.242 e. The molecule has 1 atom stereocenters. The van der Waals surface area contributed by atoms with Crippen molar-refractivity contribution < 1.29 is 9.59 Å². The van der Waals surface area contributed by atoms with Crippen LogP contribution in [0, 0.1) is 0 Å². The Morgan fingerprint density at radius 3 is 2.25 bits per heavy atom. The monoisotopic (exact) mass is 458 g/mol. The molecule has 2 aromatic rings. The first kappa shape index (κ1) is 22.9. The largest absolute Gasteiger partial charge is 0.357 e. The molecule has 0 aromatic heterocycles. The minimum atomic E-state index is -0.627. The number of carbonyl (C=O) groups is 2. The average Bonchev–Trinajstić information content (AvgIpc) is 2.68. The normalized spacial score (nSPS) is 11.8. The standard InChI is InChI=1S/C20H21Cl3N2O2S/c1-13(20(27)24-2)25(10-14-6-3-4-7-16(14)21)19(26)12-28-11-15-17(22)8-5-9-18(15)23/h3-9,13H,10-12H2,1-2H3,(H,24,27). The van der Waals surface area contributed by atoms with E-state index >= 15 is 0 Å². The van der Waals surface area contributed by atoms with Gasteiger partial charge in [-0.15, -0.1) is 11.8 Å². The molecule has 2 aromatic carbocycles. The van der Waals surface area contributed by atoms with E-state index in [-0.39, 0.29) is 24.1 Å². The Morgan fingerprint density at radius 1 is 1.04 bits per heavy atom. The zero-order chi connectivity index (χ0) is 20.7. The summed E-state index contributed by atoms with van der Waals surface area (Å²) < 4.78 is 0. The summed E-state index contributed by atoms with van der Waals surface area (Å²) in [6, 6.07) is 12.0. The van der Waals surface area contributed by atoms with Crippen LogP contribution in [0.15, 0.2) is 42.5 Å². The van der Waals surface area contributed by atoms with E-state index in [0.717, 1.165) is 11.1 Å². The molecule has 150 valence electrons. The summed E-state index contributed by atoms with van der Waals surface area (Å²) in [6.45, 7) is 1.95. The number of thioether (sulfide) groups is 1. The molecule has 1 N–H and O–H groups in total. The summed E-state index contributed by atoms with van der Waals surface area (Å²) in [5.74, 6) is 0.287. The molecule has 28 heavy (non-hydrogen) atoms. The van der Waals surface area contributed by atoms with Crippen molar-refractivity contribution >= 4 is 58.4 Å². The Hall–Kier alpha value is -1.40. The van der Waals surface area contributed by atoms with Crippen LogP contribution in [0.3, 0.4) is 0 Å². The molecule has 4 nitrogen and oxygen atoms in total. The predicted octanol–water partition coefficient (Wildman–Crippen LogP) is 5.04. The van der Waals surface area contributed by atoms with E-state index in [1.165, 1.54) is 16.7 Å². The number of hydrogen-bond acceptors (Lipinski definition) is 3. The van der Waals surface area contributed by atoms with Gasteiger partial charge >= 0.3 is 0 Å². The highest BCUT2D eigenvalue weighted by molar-refractivity contribution is 7.99. The van der Waals surface area contributed by atoms with Gasteiger partial charge in [0.1, 0.15) is 6.04 Å². The van der Waals surface area contributed by atoms with Gasteiger partial charge in [-0.25, -0.2) is 0 Å². The predicted molar refractivity (Wildman–Crippen MR) is 118 cm³/mol. The number of benzene rings is 2. The second-order valence-corrected chi connectivity index (χ2v) is 8.30. The SMILES string of the molecule is CNC(=O)C(C)N(Cc1ccccc1Cl)C(=O)CSCc1c(Cl)cccc1Cl.